The Balaban J connectivity index is 2.16. The van der Waals surface area contributed by atoms with Crippen LogP contribution in [0, 0.1) is 0 Å². The molecule has 0 aliphatic carbocycles. The number of aliphatic hydroxyl groups excluding tert-OH is 1. The number of aliphatic hydroxyl groups is 1. The standard InChI is InChI=1S/C23H24F3N3O6S/c1-14(2)15-8-10-16(11-9-15)36(31,32)29-20-19(35-18-7-5-4-6-17(18)33-3)21(34-13-12-30)28-22(27-20)23(24,25)26/h4-11,14,30H,12-13H2,1-3H3,(H,27,28,29). The SMILES string of the molecule is COc1ccccc1Oc1c(NS(=O)(=O)c2ccc(C(C)C)cc2)nc(C(F)(F)F)nc1OCCO. The minimum Gasteiger partial charge on any atom is -0.493 e. The van der Waals surface area contributed by atoms with Gasteiger partial charge in [0.15, 0.2) is 17.3 Å². The van der Waals surface area contributed by atoms with Gasteiger partial charge in [-0.05, 0) is 35.7 Å². The van der Waals surface area contributed by atoms with Crippen molar-refractivity contribution in [3.05, 3.63) is 59.9 Å². The van der Waals surface area contributed by atoms with Gasteiger partial charge in [0.25, 0.3) is 15.9 Å². The van der Waals surface area contributed by atoms with Crippen molar-refractivity contribution in [2.45, 2.75) is 30.8 Å². The highest BCUT2D eigenvalue weighted by atomic mass is 32.2. The van der Waals surface area contributed by atoms with Crippen LogP contribution in [0.2, 0.25) is 0 Å². The highest BCUT2D eigenvalue weighted by Crippen LogP contribution is 2.42. The maximum absolute atomic E-state index is 13.6. The van der Waals surface area contributed by atoms with Gasteiger partial charge < -0.3 is 19.3 Å². The second-order valence-corrected chi connectivity index (χ2v) is 9.36. The summed E-state index contributed by atoms with van der Waals surface area (Å²) in [4.78, 5) is 6.54. The molecule has 0 unspecified atom stereocenters. The molecule has 9 nitrogen and oxygen atoms in total. The Labute approximate surface area is 205 Å². The van der Waals surface area contributed by atoms with E-state index in [-0.39, 0.29) is 22.3 Å². The van der Waals surface area contributed by atoms with Gasteiger partial charge in [-0.3, -0.25) is 4.72 Å². The molecule has 0 fully saturated rings. The maximum Gasteiger partial charge on any atom is 0.451 e. The lowest BCUT2D eigenvalue weighted by molar-refractivity contribution is -0.145. The molecule has 0 saturated carbocycles. The summed E-state index contributed by atoms with van der Waals surface area (Å²) in [6.45, 7) is 2.86. The number of benzene rings is 2. The molecule has 0 bridgehead atoms. The molecule has 0 atom stereocenters. The zero-order chi connectivity index (χ0) is 26.5. The summed E-state index contributed by atoms with van der Waals surface area (Å²) in [7, 11) is -3.06. The molecule has 2 aromatic carbocycles. The van der Waals surface area contributed by atoms with Crippen LogP contribution in [0.5, 0.6) is 23.1 Å². The molecule has 194 valence electrons. The van der Waals surface area contributed by atoms with Crippen molar-refractivity contribution in [2.24, 2.45) is 0 Å². The number of ether oxygens (including phenoxy) is 3. The van der Waals surface area contributed by atoms with Crippen molar-refractivity contribution < 1.29 is 40.9 Å². The van der Waals surface area contributed by atoms with Gasteiger partial charge in [-0.25, -0.2) is 13.4 Å². The number of alkyl halides is 3. The molecule has 36 heavy (non-hydrogen) atoms. The lowest BCUT2D eigenvalue weighted by Gasteiger charge is -2.18. The van der Waals surface area contributed by atoms with E-state index in [1.165, 1.54) is 31.4 Å². The molecular weight excluding hydrogens is 503 g/mol. The van der Waals surface area contributed by atoms with E-state index in [2.05, 4.69) is 14.7 Å². The van der Waals surface area contributed by atoms with Gasteiger partial charge in [0.2, 0.25) is 11.6 Å². The number of nitrogens with one attached hydrogen (secondary N) is 1. The number of nitrogens with zero attached hydrogens (tertiary/aromatic N) is 2. The number of hydrogen-bond donors (Lipinski definition) is 2. The Morgan fingerprint density at radius 2 is 1.67 bits per heavy atom. The van der Waals surface area contributed by atoms with Gasteiger partial charge in [-0.15, -0.1) is 0 Å². The summed E-state index contributed by atoms with van der Waals surface area (Å²) in [5, 5.41) is 9.12. The van der Waals surface area contributed by atoms with E-state index >= 15 is 0 Å². The van der Waals surface area contributed by atoms with Crippen LogP contribution < -0.4 is 18.9 Å². The van der Waals surface area contributed by atoms with Crippen molar-refractivity contribution in [1.82, 2.24) is 9.97 Å². The smallest absolute Gasteiger partial charge is 0.451 e. The zero-order valence-electron chi connectivity index (χ0n) is 19.5. The van der Waals surface area contributed by atoms with Crippen LogP contribution in [0.15, 0.2) is 53.4 Å². The van der Waals surface area contributed by atoms with Crippen LogP contribution in [-0.2, 0) is 16.2 Å². The molecule has 0 aliphatic heterocycles. The second kappa shape index (κ2) is 11.0. The van der Waals surface area contributed by atoms with E-state index in [9.17, 15) is 21.6 Å². The third-order valence-corrected chi connectivity index (χ3v) is 6.14. The number of sulfonamides is 1. The minimum atomic E-state index is -5.04. The minimum absolute atomic E-state index is 0.0268. The van der Waals surface area contributed by atoms with E-state index in [1.807, 2.05) is 13.8 Å². The highest BCUT2D eigenvalue weighted by molar-refractivity contribution is 7.92. The quantitative estimate of drug-likeness (QED) is 0.393. The van der Waals surface area contributed by atoms with E-state index < -0.39 is 52.7 Å². The van der Waals surface area contributed by atoms with Crippen LogP contribution >= 0.6 is 0 Å². The van der Waals surface area contributed by atoms with E-state index in [4.69, 9.17) is 19.3 Å². The van der Waals surface area contributed by atoms with Crippen molar-refractivity contribution >= 4 is 15.8 Å². The molecule has 0 radical (unpaired) electrons. The first-order valence-electron chi connectivity index (χ1n) is 10.6. The fourth-order valence-corrected chi connectivity index (χ4v) is 3.99. The normalized spacial score (nSPS) is 11.9. The first-order valence-corrected chi connectivity index (χ1v) is 12.1. The summed E-state index contributed by atoms with van der Waals surface area (Å²) in [5.41, 5.74) is 0.871. The molecular formula is C23H24F3N3O6S. The Morgan fingerprint density at radius 3 is 2.22 bits per heavy atom. The van der Waals surface area contributed by atoms with Crippen molar-refractivity contribution in [3.8, 4) is 23.1 Å². The summed E-state index contributed by atoms with van der Waals surface area (Å²) >= 11 is 0. The van der Waals surface area contributed by atoms with Crippen molar-refractivity contribution in [3.63, 3.8) is 0 Å². The van der Waals surface area contributed by atoms with Gasteiger partial charge in [0.05, 0.1) is 18.6 Å². The number of para-hydroxylation sites is 2. The third-order valence-electron chi connectivity index (χ3n) is 4.79. The molecule has 0 amide bonds. The van der Waals surface area contributed by atoms with Gasteiger partial charge in [0.1, 0.15) is 6.61 Å². The average Bonchev–Trinajstić information content (AvgIpc) is 2.83. The lowest BCUT2D eigenvalue weighted by atomic mass is 10.0. The van der Waals surface area contributed by atoms with Crippen molar-refractivity contribution in [1.29, 1.82) is 0 Å². The summed E-state index contributed by atoms with van der Waals surface area (Å²) in [6, 6.07) is 12.0. The number of anilines is 1. The molecule has 1 heterocycles. The number of methoxy groups -OCH3 is 1. The molecule has 3 rings (SSSR count). The average molecular weight is 528 g/mol. The fraction of sp³-hybridized carbons (Fsp3) is 0.304. The van der Waals surface area contributed by atoms with Crippen LogP contribution in [-0.4, -0.2) is 43.8 Å². The molecule has 0 saturated heterocycles. The maximum atomic E-state index is 13.6. The first kappa shape index (κ1) is 27.0. The van der Waals surface area contributed by atoms with Gasteiger partial charge in [0, 0.05) is 0 Å². The predicted octanol–water partition coefficient (Wildman–Crippen LogP) is 4.59. The molecule has 0 aliphatic rings. The summed E-state index contributed by atoms with van der Waals surface area (Å²) in [5.74, 6) is -3.41. The summed E-state index contributed by atoms with van der Waals surface area (Å²) < 4.78 is 85.0. The van der Waals surface area contributed by atoms with Crippen LogP contribution in [0.3, 0.4) is 0 Å². The topological polar surface area (TPSA) is 120 Å². The second-order valence-electron chi connectivity index (χ2n) is 7.68. The van der Waals surface area contributed by atoms with E-state index in [0.29, 0.717) is 0 Å². The third kappa shape index (κ3) is 6.34. The number of aromatic nitrogens is 2. The van der Waals surface area contributed by atoms with E-state index in [0.717, 1.165) is 5.56 Å². The Hall–Kier alpha value is -3.58. The van der Waals surface area contributed by atoms with Crippen molar-refractivity contribution in [2.75, 3.05) is 25.0 Å². The van der Waals surface area contributed by atoms with Gasteiger partial charge in [-0.1, -0.05) is 38.1 Å². The Morgan fingerprint density at radius 1 is 1.03 bits per heavy atom. The van der Waals surface area contributed by atoms with Crippen LogP contribution in [0.1, 0.15) is 31.2 Å². The molecule has 0 spiro atoms. The Kier molecular flexibility index (Phi) is 8.25. The molecule has 13 heteroatoms. The highest BCUT2D eigenvalue weighted by Gasteiger charge is 2.38. The predicted molar refractivity (Wildman–Crippen MR) is 124 cm³/mol. The monoisotopic (exact) mass is 527 g/mol. The molecule has 1 aromatic heterocycles. The first-order chi connectivity index (χ1) is 17.0. The number of rotatable bonds is 10. The fourth-order valence-electron chi connectivity index (χ4n) is 2.99. The number of halogens is 3. The number of hydrogen-bond acceptors (Lipinski definition) is 8. The lowest BCUT2D eigenvalue weighted by Crippen LogP contribution is -2.19. The van der Waals surface area contributed by atoms with E-state index in [1.54, 1.807) is 24.3 Å². The largest absolute Gasteiger partial charge is 0.493 e. The zero-order valence-corrected chi connectivity index (χ0v) is 20.4. The molecule has 3 aromatic rings. The van der Waals surface area contributed by atoms with Crippen LogP contribution in [0.4, 0.5) is 19.0 Å². The van der Waals surface area contributed by atoms with Gasteiger partial charge in [-0.2, -0.15) is 18.2 Å². The molecule has 2 N–H and O–H groups in total. The summed E-state index contributed by atoms with van der Waals surface area (Å²) in [6.07, 6.45) is -5.04. The van der Waals surface area contributed by atoms with Crippen LogP contribution in [0.25, 0.3) is 0 Å². The Bertz CT molecular complexity index is 1300. The van der Waals surface area contributed by atoms with Gasteiger partial charge >= 0.3 is 6.18 Å².